The maximum absolute atomic E-state index is 10.8. The first kappa shape index (κ1) is 11.6. The van der Waals surface area contributed by atoms with E-state index in [-0.39, 0.29) is 17.2 Å². The van der Waals surface area contributed by atoms with Crippen LogP contribution in [-0.4, -0.2) is 10.8 Å². The number of rotatable bonds is 4. The fraction of sp³-hybridized carbons (Fsp3) is 0. The minimum absolute atomic E-state index is 0.0755. The zero-order chi connectivity index (χ0) is 13.0. The van der Waals surface area contributed by atoms with Gasteiger partial charge in [0.05, 0.1) is 11.2 Å². The number of anilines is 1. The van der Waals surface area contributed by atoms with Gasteiger partial charge in [0.15, 0.2) is 11.6 Å². The molecular weight excluding hydrogens is 236 g/mol. The Labute approximate surface area is 102 Å². The molecule has 0 bridgehead atoms. The van der Waals surface area contributed by atoms with Gasteiger partial charge in [-0.05, 0) is 18.2 Å². The number of nitrogens with zero attached hydrogens (tertiary/aromatic N) is 2. The SMILES string of the molecule is N/C(=N/Nc1ccccc1[N+](=O)[O-])c1ccco1. The minimum Gasteiger partial charge on any atom is -0.461 e. The van der Waals surface area contributed by atoms with Crippen LogP contribution in [0.15, 0.2) is 52.2 Å². The smallest absolute Gasteiger partial charge is 0.294 e. The van der Waals surface area contributed by atoms with E-state index in [9.17, 15) is 10.1 Å². The molecule has 92 valence electrons. The molecule has 0 aliphatic heterocycles. The van der Waals surface area contributed by atoms with Gasteiger partial charge in [0.25, 0.3) is 5.69 Å². The lowest BCUT2D eigenvalue weighted by Gasteiger charge is -2.02. The molecule has 0 saturated heterocycles. The first-order chi connectivity index (χ1) is 8.68. The molecule has 0 amide bonds. The summed E-state index contributed by atoms with van der Waals surface area (Å²) in [6, 6.07) is 9.46. The topological polar surface area (TPSA) is 107 Å². The van der Waals surface area contributed by atoms with E-state index in [4.69, 9.17) is 10.2 Å². The van der Waals surface area contributed by atoms with Crippen LogP contribution in [0, 0.1) is 10.1 Å². The molecular formula is C11H10N4O3. The first-order valence-corrected chi connectivity index (χ1v) is 5.05. The van der Waals surface area contributed by atoms with Gasteiger partial charge < -0.3 is 10.2 Å². The van der Waals surface area contributed by atoms with Gasteiger partial charge in [0.1, 0.15) is 5.69 Å². The van der Waals surface area contributed by atoms with Crippen LogP contribution in [0.3, 0.4) is 0 Å². The molecule has 0 fully saturated rings. The summed E-state index contributed by atoms with van der Waals surface area (Å²) >= 11 is 0. The fourth-order valence-electron chi connectivity index (χ4n) is 1.33. The zero-order valence-electron chi connectivity index (χ0n) is 9.24. The lowest BCUT2D eigenvalue weighted by Crippen LogP contribution is -2.14. The average molecular weight is 246 g/mol. The molecule has 0 aliphatic carbocycles. The number of hydrogen-bond donors (Lipinski definition) is 2. The maximum Gasteiger partial charge on any atom is 0.294 e. The highest BCUT2D eigenvalue weighted by Crippen LogP contribution is 2.22. The van der Waals surface area contributed by atoms with Gasteiger partial charge in [-0.3, -0.25) is 15.5 Å². The van der Waals surface area contributed by atoms with Crippen molar-refractivity contribution in [3.8, 4) is 0 Å². The molecule has 0 unspecified atom stereocenters. The third-order valence-corrected chi connectivity index (χ3v) is 2.17. The Morgan fingerprint density at radius 3 is 2.78 bits per heavy atom. The number of nitro benzene ring substituents is 1. The van der Waals surface area contributed by atoms with Gasteiger partial charge in [-0.25, -0.2) is 0 Å². The van der Waals surface area contributed by atoms with Crippen LogP contribution >= 0.6 is 0 Å². The van der Waals surface area contributed by atoms with Gasteiger partial charge in [0.2, 0.25) is 0 Å². The van der Waals surface area contributed by atoms with Crippen LogP contribution < -0.4 is 11.2 Å². The van der Waals surface area contributed by atoms with E-state index in [0.717, 1.165) is 0 Å². The summed E-state index contributed by atoms with van der Waals surface area (Å²) in [5.41, 5.74) is 8.37. The molecule has 3 N–H and O–H groups in total. The van der Waals surface area contributed by atoms with Crippen LogP contribution in [-0.2, 0) is 0 Å². The highest BCUT2D eigenvalue weighted by molar-refractivity contribution is 5.95. The lowest BCUT2D eigenvalue weighted by molar-refractivity contribution is -0.384. The quantitative estimate of drug-likeness (QED) is 0.371. The summed E-state index contributed by atoms with van der Waals surface area (Å²) in [6.07, 6.45) is 1.46. The van der Waals surface area contributed by atoms with Crippen LogP contribution in [0.5, 0.6) is 0 Å². The van der Waals surface area contributed by atoms with Crippen molar-refractivity contribution in [3.05, 3.63) is 58.5 Å². The Hall–Kier alpha value is -2.83. The van der Waals surface area contributed by atoms with Crippen molar-refractivity contribution in [2.75, 3.05) is 5.43 Å². The molecule has 0 atom stereocenters. The summed E-state index contributed by atoms with van der Waals surface area (Å²) in [5.74, 6) is 0.499. The largest absolute Gasteiger partial charge is 0.461 e. The highest BCUT2D eigenvalue weighted by atomic mass is 16.6. The van der Waals surface area contributed by atoms with E-state index < -0.39 is 4.92 Å². The number of nitro groups is 1. The maximum atomic E-state index is 10.8. The number of benzene rings is 1. The van der Waals surface area contributed by atoms with Gasteiger partial charge in [-0.1, -0.05) is 12.1 Å². The second-order valence-electron chi connectivity index (χ2n) is 3.36. The van der Waals surface area contributed by atoms with E-state index in [1.54, 1.807) is 24.3 Å². The molecule has 0 aliphatic rings. The van der Waals surface area contributed by atoms with Gasteiger partial charge in [-0.2, -0.15) is 5.10 Å². The molecule has 0 saturated carbocycles. The third kappa shape index (κ3) is 2.46. The third-order valence-electron chi connectivity index (χ3n) is 2.17. The number of para-hydroxylation sites is 2. The molecule has 7 nitrogen and oxygen atoms in total. The Bertz CT molecular complexity index is 578. The number of nitrogens with two attached hydrogens (primary N) is 1. The van der Waals surface area contributed by atoms with Crippen molar-refractivity contribution < 1.29 is 9.34 Å². The molecule has 18 heavy (non-hydrogen) atoms. The van der Waals surface area contributed by atoms with Crippen LogP contribution in [0.4, 0.5) is 11.4 Å². The van der Waals surface area contributed by atoms with Gasteiger partial charge in [-0.15, -0.1) is 0 Å². The number of nitrogens with one attached hydrogen (secondary N) is 1. The number of hydrazone groups is 1. The van der Waals surface area contributed by atoms with Crippen molar-refractivity contribution in [1.82, 2.24) is 0 Å². The summed E-state index contributed by atoms with van der Waals surface area (Å²) < 4.78 is 5.03. The number of furan rings is 1. The minimum atomic E-state index is -0.499. The van der Waals surface area contributed by atoms with Crippen molar-refractivity contribution >= 4 is 17.2 Å². The first-order valence-electron chi connectivity index (χ1n) is 5.05. The van der Waals surface area contributed by atoms with Gasteiger partial charge in [0, 0.05) is 6.07 Å². The van der Waals surface area contributed by atoms with E-state index in [0.29, 0.717) is 5.76 Å². The fourth-order valence-corrected chi connectivity index (χ4v) is 1.33. The molecule has 2 rings (SSSR count). The van der Waals surface area contributed by atoms with Crippen molar-refractivity contribution in [1.29, 1.82) is 0 Å². The van der Waals surface area contributed by atoms with E-state index in [1.165, 1.54) is 18.4 Å². The summed E-state index contributed by atoms with van der Waals surface area (Å²) in [5, 5.41) is 14.6. The summed E-state index contributed by atoms with van der Waals surface area (Å²) in [6.45, 7) is 0. The lowest BCUT2D eigenvalue weighted by atomic mass is 10.3. The molecule has 1 aromatic heterocycles. The Morgan fingerprint density at radius 2 is 2.11 bits per heavy atom. The Kier molecular flexibility index (Phi) is 3.24. The number of hydrogen-bond acceptors (Lipinski definition) is 5. The summed E-state index contributed by atoms with van der Waals surface area (Å²) in [4.78, 5) is 10.3. The second kappa shape index (κ2) is 5.00. The molecule has 0 radical (unpaired) electrons. The van der Waals surface area contributed by atoms with Crippen LogP contribution in [0.25, 0.3) is 0 Å². The zero-order valence-corrected chi connectivity index (χ0v) is 9.24. The standard InChI is InChI=1S/C11H10N4O3/c12-11(10-6-3-7-18-10)14-13-8-4-1-2-5-9(8)15(16)17/h1-7,13H,(H2,12,14). The predicted octanol–water partition coefficient (Wildman–Crippen LogP) is 1.92. The predicted molar refractivity (Wildman–Crippen MR) is 66.2 cm³/mol. The second-order valence-corrected chi connectivity index (χ2v) is 3.36. The molecule has 1 heterocycles. The number of amidine groups is 1. The van der Waals surface area contributed by atoms with E-state index in [2.05, 4.69) is 10.5 Å². The monoisotopic (exact) mass is 246 g/mol. The Morgan fingerprint density at radius 1 is 1.33 bits per heavy atom. The van der Waals surface area contributed by atoms with Crippen molar-refractivity contribution in [3.63, 3.8) is 0 Å². The highest BCUT2D eigenvalue weighted by Gasteiger charge is 2.11. The van der Waals surface area contributed by atoms with Gasteiger partial charge >= 0.3 is 0 Å². The van der Waals surface area contributed by atoms with Crippen molar-refractivity contribution in [2.45, 2.75) is 0 Å². The van der Waals surface area contributed by atoms with E-state index in [1.807, 2.05) is 0 Å². The normalized spacial score (nSPS) is 11.2. The average Bonchev–Trinajstić information content (AvgIpc) is 2.90. The molecule has 2 aromatic rings. The van der Waals surface area contributed by atoms with Crippen molar-refractivity contribution in [2.24, 2.45) is 10.8 Å². The van der Waals surface area contributed by atoms with Crippen LogP contribution in [0.2, 0.25) is 0 Å². The van der Waals surface area contributed by atoms with E-state index >= 15 is 0 Å². The van der Waals surface area contributed by atoms with Crippen LogP contribution in [0.1, 0.15) is 5.76 Å². The molecule has 7 heteroatoms. The molecule has 0 spiro atoms. The summed E-state index contributed by atoms with van der Waals surface area (Å²) in [7, 11) is 0. The molecule has 1 aromatic carbocycles. The Balaban J connectivity index is 2.20.